The number of ether oxygens (including phenoxy) is 1. The van der Waals surface area contributed by atoms with Gasteiger partial charge in [0.05, 0.1) is 35.7 Å². The van der Waals surface area contributed by atoms with Gasteiger partial charge in [0.15, 0.2) is 4.80 Å². The zero-order valence-corrected chi connectivity index (χ0v) is 19.5. The predicted octanol–water partition coefficient (Wildman–Crippen LogP) is 2.41. The summed E-state index contributed by atoms with van der Waals surface area (Å²) in [5.41, 5.74) is 2.79. The van der Waals surface area contributed by atoms with Crippen LogP contribution in [0.15, 0.2) is 69.6 Å². The van der Waals surface area contributed by atoms with Gasteiger partial charge in [-0.15, -0.1) is 0 Å². The van der Waals surface area contributed by atoms with Crippen molar-refractivity contribution in [2.45, 2.75) is 13.0 Å². The maximum atomic E-state index is 13.8. The van der Waals surface area contributed by atoms with E-state index in [1.165, 1.54) is 16.6 Å². The van der Waals surface area contributed by atoms with Gasteiger partial charge >= 0.3 is 5.97 Å². The fourth-order valence-corrected chi connectivity index (χ4v) is 5.56. The lowest BCUT2D eigenvalue weighted by Gasteiger charge is -2.24. The molecule has 2 aliphatic heterocycles. The van der Waals surface area contributed by atoms with Gasteiger partial charge in [-0.05, 0) is 30.7 Å². The second-order valence-electron chi connectivity index (χ2n) is 7.70. The molecule has 33 heavy (non-hydrogen) atoms. The summed E-state index contributed by atoms with van der Waals surface area (Å²) in [4.78, 5) is 46.1. The number of nitrogens with zero attached hydrogens (tertiary/aromatic N) is 3. The highest BCUT2D eigenvalue weighted by Gasteiger charge is 2.36. The number of hydrogen-bond acceptors (Lipinski definition) is 6. The molecule has 7 nitrogen and oxygen atoms in total. The molecule has 0 saturated heterocycles. The van der Waals surface area contributed by atoms with E-state index in [-0.39, 0.29) is 21.6 Å². The smallest absolute Gasteiger partial charge is 0.338 e. The second-order valence-corrected chi connectivity index (χ2v) is 9.12. The van der Waals surface area contributed by atoms with Crippen LogP contribution in [0.25, 0.3) is 5.57 Å². The Bertz CT molecular complexity index is 1550. The summed E-state index contributed by atoms with van der Waals surface area (Å²) >= 11 is 7.21. The van der Waals surface area contributed by atoms with Crippen molar-refractivity contribution in [2.24, 2.45) is 4.99 Å². The van der Waals surface area contributed by atoms with Gasteiger partial charge < -0.3 is 9.64 Å². The number of para-hydroxylation sites is 1. The molecule has 9 heteroatoms. The topological polar surface area (TPSA) is 81.0 Å². The Morgan fingerprint density at radius 3 is 2.52 bits per heavy atom. The number of allylic oxidation sites excluding steroid dienone is 1. The molecule has 1 atom stereocenters. The molecule has 2 aliphatic rings. The highest BCUT2D eigenvalue weighted by Crippen LogP contribution is 2.34. The molecule has 3 heterocycles. The Morgan fingerprint density at radius 2 is 1.82 bits per heavy atom. The van der Waals surface area contributed by atoms with Crippen molar-refractivity contribution < 1.29 is 14.3 Å². The number of methoxy groups -OCH3 is 1. The lowest BCUT2D eigenvalue weighted by atomic mass is 9.96. The molecule has 0 saturated carbocycles. The number of carbonyl (C=O) groups is 2. The number of amides is 1. The molecule has 5 rings (SSSR count). The van der Waals surface area contributed by atoms with Gasteiger partial charge in [0, 0.05) is 17.6 Å². The van der Waals surface area contributed by atoms with E-state index in [4.69, 9.17) is 16.3 Å². The van der Waals surface area contributed by atoms with E-state index in [0.29, 0.717) is 32.2 Å². The van der Waals surface area contributed by atoms with Gasteiger partial charge in [0.2, 0.25) is 0 Å². The van der Waals surface area contributed by atoms with Crippen LogP contribution in [-0.4, -0.2) is 30.6 Å². The third kappa shape index (κ3) is 3.17. The van der Waals surface area contributed by atoms with Gasteiger partial charge in [0.25, 0.3) is 11.5 Å². The van der Waals surface area contributed by atoms with E-state index in [1.54, 1.807) is 38.2 Å². The SMILES string of the molecule is COC(=O)C1=C(C)N=c2s/c(=C3/C(=O)N(C)c4ccccc43)c(=O)n2[C@@H]1c1ccc(Cl)cc1. The van der Waals surface area contributed by atoms with Gasteiger partial charge in [-0.2, -0.15) is 0 Å². The number of anilines is 1. The van der Waals surface area contributed by atoms with Crippen LogP contribution in [0.1, 0.15) is 24.1 Å². The van der Waals surface area contributed by atoms with Crippen LogP contribution in [0.3, 0.4) is 0 Å². The number of fused-ring (bicyclic) bond motifs is 2. The average molecular weight is 480 g/mol. The van der Waals surface area contributed by atoms with Crippen LogP contribution in [0, 0.1) is 0 Å². The largest absolute Gasteiger partial charge is 0.466 e. The fourth-order valence-electron chi connectivity index (χ4n) is 4.29. The first-order valence-corrected chi connectivity index (χ1v) is 11.3. The van der Waals surface area contributed by atoms with Crippen molar-refractivity contribution in [3.63, 3.8) is 0 Å². The first-order valence-electron chi connectivity index (χ1n) is 10.1. The lowest BCUT2D eigenvalue weighted by molar-refractivity contribution is -0.136. The number of aromatic nitrogens is 1. The summed E-state index contributed by atoms with van der Waals surface area (Å²) in [7, 11) is 2.97. The molecule has 0 bridgehead atoms. The maximum Gasteiger partial charge on any atom is 0.338 e. The molecule has 1 aromatic heterocycles. The molecule has 2 aromatic carbocycles. The van der Waals surface area contributed by atoms with Crippen molar-refractivity contribution in [3.05, 3.63) is 95.6 Å². The quantitative estimate of drug-likeness (QED) is 0.529. The predicted molar refractivity (Wildman–Crippen MR) is 126 cm³/mol. The summed E-state index contributed by atoms with van der Waals surface area (Å²) < 4.78 is 6.76. The Balaban J connectivity index is 1.85. The molecule has 0 N–H and O–H groups in total. The van der Waals surface area contributed by atoms with Crippen LogP contribution in [0.5, 0.6) is 0 Å². The third-order valence-electron chi connectivity index (χ3n) is 5.87. The first kappa shape index (κ1) is 21.4. The Labute approximate surface area is 197 Å². The minimum atomic E-state index is -0.759. The number of carbonyl (C=O) groups excluding carboxylic acids is 2. The van der Waals surface area contributed by atoms with E-state index in [9.17, 15) is 14.4 Å². The second kappa shape index (κ2) is 7.83. The summed E-state index contributed by atoms with van der Waals surface area (Å²) in [6.07, 6.45) is 0. The highest BCUT2D eigenvalue weighted by atomic mass is 35.5. The van der Waals surface area contributed by atoms with E-state index in [2.05, 4.69) is 4.99 Å². The van der Waals surface area contributed by atoms with Gasteiger partial charge in [0.1, 0.15) is 4.53 Å². The van der Waals surface area contributed by atoms with Crippen LogP contribution < -0.4 is 19.8 Å². The Kier molecular flexibility index (Phi) is 5.07. The van der Waals surface area contributed by atoms with Gasteiger partial charge in [-0.1, -0.05) is 53.3 Å². The van der Waals surface area contributed by atoms with E-state index in [1.807, 2.05) is 24.3 Å². The molecule has 0 spiro atoms. The minimum absolute atomic E-state index is 0.256. The lowest BCUT2D eigenvalue weighted by Crippen LogP contribution is -2.40. The zero-order valence-electron chi connectivity index (χ0n) is 18.0. The van der Waals surface area contributed by atoms with Crippen LogP contribution in [-0.2, 0) is 14.3 Å². The minimum Gasteiger partial charge on any atom is -0.466 e. The first-order chi connectivity index (χ1) is 15.8. The van der Waals surface area contributed by atoms with E-state index < -0.39 is 12.0 Å². The Morgan fingerprint density at radius 1 is 1.12 bits per heavy atom. The van der Waals surface area contributed by atoms with Crippen molar-refractivity contribution in [2.75, 3.05) is 19.1 Å². The number of thiazole rings is 1. The molecular weight excluding hydrogens is 462 g/mol. The summed E-state index contributed by atoms with van der Waals surface area (Å²) in [6.45, 7) is 1.71. The molecule has 166 valence electrons. The van der Waals surface area contributed by atoms with E-state index >= 15 is 0 Å². The standard InChI is InChI=1S/C24H18ClN3O4S/c1-12-17(23(31)32-3)19(13-8-10-14(25)11-9-13)28-22(30)20(33-24(28)26-12)18-15-6-4-5-7-16(15)27(2)21(18)29/h4-11,19H,1-3H3/b20-18+/t19-/m1/s1. The van der Waals surface area contributed by atoms with Gasteiger partial charge in [-0.3, -0.25) is 14.2 Å². The van der Waals surface area contributed by atoms with Crippen LogP contribution >= 0.6 is 22.9 Å². The monoisotopic (exact) mass is 479 g/mol. The number of esters is 1. The molecule has 0 radical (unpaired) electrons. The number of likely N-dealkylation sites (N-methyl/N-ethyl adjacent to an activating group) is 1. The Hall–Kier alpha value is -3.49. The summed E-state index contributed by atoms with van der Waals surface area (Å²) in [5, 5.41) is 0.532. The van der Waals surface area contributed by atoms with Crippen molar-refractivity contribution in [3.8, 4) is 0 Å². The van der Waals surface area contributed by atoms with E-state index in [0.717, 1.165) is 17.0 Å². The normalized spacial score (nSPS) is 18.7. The molecule has 0 fully saturated rings. The van der Waals surface area contributed by atoms with Crippen LogP contribution in [0.2, 0.25) is 5.02 Å². The number of rotatable bonds is 2. The molecule has 3 aromatic rings. The fraction of sp³-hybridized carbons (Fsp3) is 0.167. The number of hydrogen-bond donors (Lipinski definition) is 0. The summed E-state index contributed by atoms with van der Waals surface area (Å²) in [5.74, 6) is -0.829. The molecule has 1 amide bonds. The highest BCUT2D eigenvalue weighted by molar-refractivity contribution is 7.07. The average Bonchev–Trinajstić information content (AvgIpc) is 3.26. The van der Waals surface area contributed by atoms with Gasteiger partial charge in [-0.25, -0.2) is 9.79 Å². The number of halogens is 1. The number of benzene rings is 2. The van der Waals surface area contributed by atoms with Crippen molar-refractivity contribution in [1.82, 2.24) is 4.57 Å². The van der Waals surface area contributed by atoms with Crippen molar-refractivity contribution >= 4 is 46.1 Å². The molecular formula is C24H18ClN3O4S. The molecule has 0 aliphatic carbocycles. The van der Waals surface area contributed by atoms with Crippen LogP contribution in [0.4, 0.5) is 5.69 Å². The molecule has 0 unspecified atom stereocenters. The summed E-state index contributed by atoms with van der Waals surface area (Å²) in [6, 6.07) is 13.5. The van der Waals surface area contributed by atoms with Crippen molar-refractivity contribution in [1.29, 1.82) is 0 Å². The maximum absolute atomic E-state index is 13.8. The third-order valence-corrected chi connectivity index (χ3v) is 7.17. The zero-order chi connectivity index (χ0) is 23.4.